The van der Waals surface area contributed by atoms with E-state index < -0.39 is 0 Å². The van der Waals surface area contributed by atoms with Gasteiger partial charge in [-0.05, 0) is 18.9 Å². The third-order valence-corrected chi connectivity index (χ3v) is 2.03. The van der Waals surface area contributed by atoms with Crippen molar-refractivity contribution < 1.29 is 0 Å². The summed E-state index contributed by atoms with van der Waals surface area (Å²) >= 11 is 0. The lowest BCUT2D eigenvalue weighted by Crippen LogP contribution is -2.13. The van der Waals surface area contributed by atoms with Gasteiger partial charge in [-0.15, -0.1) is 0 Å². The van der Waals surface area contributed by atoms with Crippen molar-refractivity contribution in [2.75, 3.05) is 18.0 Å². The molecule has 0 atom stereocenters. The first-order valence-corrected chi connectivity index (χ1v) is 4.68. The van der Waals surface area contributed by atoms with Crippen molar-refractivity contribution in [1.29, 1.82) is 0 Å². The largest absolute Gasteiger partial charge is 0.383 e. The number of rotatable bonds is 3. The molecule has 1 heterocycles. The first kappa shape index (κ1) is 10.7. The van der Waals surface area contributed by atoms with E-state index in [-0.39, 0.29) is 11.9 Å². The molecule has 78 valence electrons. The van der Waals surface area contributed by atoms with Crippen molar-refractivity contribution in [2.45, 2.75) is 26.2 Å². The van der Waals surface area contributed by atoms with Crippen molar-refractivity contribution in [1.82, 2.24) is 9.97 Å². The van der Waals surface area contributed by atoms with Crippen molar-refractivity contribution in [2.24, 2.45) is 5.73 Å². The number of nitrogens with two attached hydrogens (primary N) is 3. The maximum atomic E-state index is 5.76. The topological polar surface area (TPSA) is 104 Å². The van der Waals surface area contributed by atoms with Crippen LogP contribution in [0.3, 0.4) is 0 Å². The molecule has 1 aromatic heterocycles. The maximum absolute atomic E-state index is 5.76. The van der Waals surface area contributed by atoms with Crippen LogP contribution in [-0.2, 0) is 6.42 Å². The predicted molar refractivity (Wildman–Crippen MR) is 57.7 cm³/mol. The van der Waals surface area contributed by atoms with Gasteiger partial charge in [-0.2, -0.15) is 4.98 Å². The Morgan fingerprint density at radius 3 is 2.36 bits per heavy atom. The van der Waals surface area contributed by atoms with E-state index in [0.717, 1.165) is 11.3 Å². The number of aromatic nitrogens is 2. The molecule has 0 unspecified atom stereocenters. The van der Waals surface area contributed by atoms with Crippen LogP contribution < -0.4 is 17.2 Å². The van der Waals surface area contributed by atoms with Crippen LogP contribution in [-0.4, -0.2) is 16.5 Å². The number of hydrogen-bond donors (Lipinski definition) is 3. The van der Waals surface area contributed by atoms with Gasteiger partial charge in [0, 0.05) is 5.56 Å². The van der Waals surface area contributed by atoms with Gasteiger partial charge in [0.15, 0.2) is 0 Å². The molecule has 0 saturated heterocycles. The van der Waals surface area contributed by atoms with Gasteiger partial charge in [-0.3, -0.25) is 0 Å². The summed E-state index contributed by atoms with van der Waals surface area (Å²) in [5, 5.41) is 0. The fraction of sp³-hybridized carbons (Fsp3) is 0.556. The van der Waals surface area contributed by atoms with Crippen LogP contribution >= 0.6 is 0 Å². The van der Waals surface area contributed by atoms with E-state index in [4.69, 9.17) is 17.2 Å². The smallest absolute Gasteiger partial charge is 0.222 e. The van der Waals surface area contributed by atoms with Crippen LogP contribution in [0.25, 0.3) is 0 Å². The van der Waals surface area contributed by atoms with Gasteiger partial charge in [0.2, 0.25) is 5.95 Å². The molecule has 0 saturated carbocycles. The van der Waals surface area contributed by atoms with Gasteiger partial charge in [0.05, 0.1) is 5.69 Å². The van der Waals surface area contributed by atoms with E-state index >= 15 is 0 Å². The molecule has 14 heavy (non-hydrogen) atoms. The average Bonchev–Trinajstić information content (AvgIpc) is 2.09. The Bertz CT molecular complexity index is 321. The Labute approximate surface area is 83.7 Å². The number of anilines is 2. The molecule has 0 radical (unpaired) electrons. The minimum Gasteiger partial charge on any atom is -0.383 e. The van der Waals surface area contributed by atoms with Crippen LogP contribution in [0.2, 0.25) is 0 Å². The van der Waals surface area contributed by atoms with Gasteiger partial charge in [0.1, 0.15) is 5.82 Å². The Morgan fingerprint density at radius 2 is 1.86 bits per heavy atom. The van der Waals surface area contributed by atoms with Crippen molar-refractivity contribution >= 4 is 11.8 Å². The van der Waals surface area contributed by atoms with Crippen molar-refractivity contribution in [3.8, 4) is 0 Å². The Hall–Kier alpha value is -1.36. The third-order valence-electron chi connectivity index (χ3n) is 2.03. The fourth-order valence-electron chi connectivity index (χ4n) is 1.42. The summed E-state index contributed by atoms with van der Waals surface area (Å²) in [6, 6.07) is 0. The molecule has 6 N–H and O–H groups in total. The van der Waals surface area contributed by atoms with Gasteiger partial charge < -0.3 is 17.2 Å². The predicted octanol–water partition coefficient (Wildman–Crippen LogP) is 0.266. The summed E-state index contributed by atoms with van der Waals surface area (Å²) in [4.78, 5) is 8.11. The standard InChI is InChI=1S/C9H17N5/c1-5(2)7-6(3-4-10)8(11)14-9(12)13-7/h5H,3-4,10H2,1-2H3,(H4,11,12,13,14). The Kier molecular flexibility index (Phi) is 3.24. The zero-order valence-corrected chi connectivity index (χ0v) is 8.62. The van der Waals surface area contributed by atoms with Crippen molar-refractivity contribution in [3.63, 3.8) is 0 Å². The van der Waals surface area contributed by atoms with Crippen LogP contribution in [0.5, 0.6) is 0 Å². The molecular formula is C9H17N5. The van der Waals surface area contributed by atoms with E-state index in [1.54, 1.807) is 0 Å². The van der Waals surface area contributed by atoms with Gasteiger partial charge in [-0.1, -0.05) is 13.8 Å². The monoisotopic (exact) mass is 195 g/mol. The zero-order chi connectivity index (χ0) is 10.7. The second-order valence-corrected chi connectivity index (χ2v) is 3.52. The maximum Gasteiger partial charge on any atom is 0.222 e. The van der Waals surface area contributed by atoms with E-state index in [9.17, 15) is 0 Å². The van der Waals surface area contributed by atoms with Crippen LogP contribution in [0, 0.1) is 0 Å². The number of nitrogens with zero attached hydrogens (tertiary/aromatic N) is 2. The fourth-order valence-corrected chi connectivity index (χ4v) is 1.42. The highest BCUT2D eigenvalue weighted by Crippen LogP contribution is 2.22. The molecule has 1 aromatic rings. The van der Waals surface area contributed by atoms with E-state index in [2.05, 4.69) is 9.97 Å². The molecule has 5 heteroatoms. The second kappa shape index (κ2) is 4.23. The molecule has 0 fully saturated rings. The number of hydrogen-bond acceptors (Lipinski definition) is 5. The van der Waals surface area contributed by atoms with E-state index in [1.165, 1.54) is 0 Å². The first-order valence-electron chi connectivity index (χ1n) is 4.68. The normalized spacial score (nSPS) is 10.9. The lowest BCUT2D eigenvalue weighted by Gasteiger charge is -2.13. The van der Waals surface area contributed by atoms with Crippen LogP contribution in [0.15, 0.2) is 0 Å². The highest BCUT2D eigenvalue weighted by atomic mass is 15.0. The molecule has 0 aliphatic carbocycles. The lowest BCUT2D eigenvalue weighted by molar-refractivity contribution is 0.786. The summed E-state index contributed by atoms with van der Waals surface area (Å²) in [6.45, 7) is 4.62. The first-order chi connectivity index (χ1) is 6.56. The molecule has 1 rings (SSSR count). The highest BCUT2D eigenvalue weighted by molar-refractivity contribution is 5.47. The zero-order valence-electron chi connectivity index (χ0n) is 8.62. The highest BCUT2D eigenvalue weighted by Gasteiger charge is 2.13. The minimum absolute atomic E-state index is 0.229. The molecule has 0 spiro atoms. The molecule has 5 nitrogen and oxygen atoms in total. The third kappa shape index (κ3) is 2.11. The quantitative estimate of drug-likeness (QED) is 0.642. The Balaban J connectivity index is 3.21. The lowest BCUT2D eigenvalue weighted by atomic mass is 10.0. The summed E-state index contributed by atoms with van der Waals surface area (Å²) < 4.78 is 0. The van der Waals surface area contributed by atoms with E-state index in [1.807, 2.05) is 13.8 Å². The van der Waals surface area contributed by atoms with Crippen LogP contribution in [0.4, 0.5) is 11.8 Å². The molecule has 0 bridgehead atoms. The van der Waals surface area contributed by atoms with Crippen LogP contribution in [0.1, 0.15) is 31.0 Å². The van der Waals surface area contributed by atoms with Gasteiger partial charge >= 0.3 is 0 Å². The van der Waals surface area contributed by atoms with Gasteiger partial charge in [-0.25, -0.2) is 4.98 Å². The Morgan fingerprint density at radius 1 is 1.21 bits per heavy atom. The van der Waals surface area contributed by atoms with E-state index in [0.29, 0.717) is 18.8 Å². The van der Waals surface area contributed by atoms with Gasteiger partial charge in [0.25, 0.3) is 0 Å². The summed E-state index contributed by atoms with van der Waals surface area (Å²) in [6.07, 6.45) is 0.694. The summed E-state index contributed by atoms with van der Waals surface area (Å²) in [7, 11) is 0. The molecule has 0 aromatic carbocycles. The second-order valence-electron chi connectivity index (χ2n) is 3.52. The molecule has 0 amide bonds. The summed E-state index contributed by atoms with van der Waals surface area (Å²) in [5.41, 5.74) is 18.6. The molecule has 0 aliphatic rings. The molecule has 0 aliphatic heterocycles. The SMILES string of the molecule is CC(C)c1nc(N)nc(N)c1CCN. The summed E-state index contributed by atoms with van der Waals surface area (Å²) in [5.74, 6) is 0.961. The number of nitrogen functional groups attached to an aromatic ring is 2. The average molecular weight is 195 g/mol. The van der Waals surface area contributed by atoms with Crippen molar-refractivity contribution in [3.05, 3.63) is 11.3 Å². The minimum atomic E-state index is 0.229. The molecular weight excluding hydrogens is 178 g/mol.